The van der Waals surface area contributed by atoms with Gasteiger partial charge in [-0.25, -0.2) is 4.79 Å². The molecule has 2 aromatic carbocycles. The van der Waals surface area contributed by atoms with E-state index in [9.17, 15) is 4.79 Å². The molecular weight excluding hydrogens is 458 g/mol. The summed E-state index contributed by atoms with van der Waals surface area (Å²) in [7, 11) is 1.46. The van der Waals surface area contributed by atoms with Crippen molar-refractivity contribution in [3.63, 3.8) is 0 Å². The third kappa shape index (κ3) is 6.29. The van der Waals surface area contributed by atoms with Crippen LogP contribution in [-0.4, -0.2) is 36.2 Å². The zero-order chi connectivity index (χ0) is 26.7. The molecule has 0 spiro atoms. The third-order valence-electron chi connectivity index (χ3n) is 8.41. The highest BCUT2D eigenvalue weighted by Gasteiger charge is 2.36. The Kier molecular flexibility index (Phi) is 8.81. The summed E-state index contributed by atoms with van der Waals surface area (Å²) in [6.07, 6.45) is 9.74. The summed E-state index contributed by atoms with van der Waals surface area (Å²) in [5, 5.41) is 0. The molecule has 1 fully saturated rings. The van der Waals surface area contributed by atoms with Gasteiger partial charge in [-0.3, -0.25) is 4.90 Å². The summed E-state index contributed by atoms with van der Waals surface area (Å²) in [6, 6.07) is 9.38. The largest absolute Gasteiger partial charge is 0.467 e. The molecule has 4 heteroatoms. The topological polar surface area (TPSA) is 38.8 Å². The van der Waals surface area contributed by atoms with Gasteiger partial charge in [0.1, 0.15) is 0 Å². The van der Waals surface area contributed by atoms with Crippen LogP contribution in [0.25, 0.3) is 11.1 Å². The number of esters is 1. The molecule has 1 aliphatic heterocycles. The number of aryl methyl sites for hydroxylation is 1. The first-order chi connectivity index (χ1) is 17.6. The molecule has 4 rings (SSSR count). The number of carbonyl (C=O) groups excluding carboxylic acids is 1. The minimum atomic E-state index is -0.770. The van der Waals surface area contributed by atoms with Crippen LogP contribution in [0.1, 0.15) is 105 Å². The summed E-state index contributed by atoms with van der Waals surface area (Å²) < 4.78 is 11.8. The van der Waals surface area contributed by atoms with Crippen molar-refractivity contribution in [2.45, 2.75) is 117 Å². The van der Waals surface area contributed by atoms with Gasteiger partial charge in [-0.1, -0.05) is 61.9 Å². The Hall–Kier alpha value is -2.17. The maximum atomic E-state index is 13.2. The van der Waals surface area contributed by atoms with E-state index in [1.165, 1.54) is 79.9 Å². The first-order valence-corrected chi connectivity index (χ1v) is 14.3. The number of fused-ring (bicyclic) bond motifs is 1. The van der Waals surface area contributed by atoms with Crippen LogP contribution in [0.15, 0.2) is 24.3 Å². The summed E-state index contributed by atoms with van der Waals surface area (Å²) in [6.45, 7) is 14.6. The SMILES string of the molecule is COC(=O)C(OC(C)(C)C)c1c(C)c2c(c(C)c1-c1ccc(C)cc1)CN(C1CCCCCCC1)CC2. The fourth-order valence-corrected chi connectivity index (χ4v) is 6.46. The molecule has 1 saturated carbocycles. The van der Waals surface area contributed by atoms with Crippen LogP contribution in [0.3, 0.4) is 0 Å². The maximum absolute atomic E-state index is 13.2. The first kappa shape index (κ1) is 27.9. The highest BCUT2D eigenvalue weighted by Crippen LogP contribution is 2.43. The summed E-state index contributed by atoms with van der Waals surface area (Å²) in [5.41, 5.74) is 9.30. The molecule has 4 nitrogen and oxygen atoms in total. The molecule has 0 radical (unpaired) electrons. The number of hydrogen-bond donors (Lipinski definition) is 0. The molecule has 0 saturated heterocycles. The van der Waals surface area contributed by atoms with Gasteiger partial charge in [-0.2, -0.15) is 0 Å². The molecule has 0 N–H and O–H groups in total. The zero-order valence-corrected chi connectivity index (χ0v) is 24.2. The molecule has 37 heavy (non-hydrogen) atoms. The molecule has 1 atom stereocenters. The molecule has 1 heterocycles. The Morgan fingerprint density at radius 3 is 2.14 bits per heavy atom. The van der Waals surface area contributed by atoms with Crippen LogP contribution in [0.5, 0.6) is 0 Å². The number of methoxy groups -OCH3 is 1. The molecule has 0 bridgehead atoms. The standard InChI is InChI=1S/C33H47NO3/c1-22-15-17-25(18-16-22)29-24(3)28-21-34(26-13-11-9-8-10-12-14-26)20-19-27(28)23(2)30(29)31(32(35)36-7)37-33(4,5)6/h15-18,26,31H,8-14,19-21H2,1-7H3. The molecule has 0 aromatic heterocycles. The second kappa shape index (κ2) is 11.7. The van der Waals surface area contributed by atoms with Crippen molar-refractivity contribution in [2.75, 3.05) is 13.7 Å². The van der Waals surface area contributed by atoms with Crippen LogP contribution < -0.4 is 0 Å². The number of benzene rings is 2. The van der Waals surface area contributed by atoms with E-state index in [1.807, 2.05) is 20.8 Å². The van der Waals surface area contributed by atoms with Crippen LogP contribution in [0, 0.1) is 20.8 Å². The summed E-state index contributed by atoms with van der Waals surface area (Å²) in [4.78, 5) is 16.0. The van der Waals surface area contributed by atoms with Crippen molar-refractivity contribution in [1.82, 2.24) is 4.90 Å². The average molecular weight is 506 g/mol. The van der Waals surface area contributed by atoms with Gasteiger partial charge in [-0.05, 0) is 94.2 Å². The van der Waals surface area contributed by atoms with Gasteiger partial charge in [0.25, 0.3) is 0 Å². The number of carbonyl (C=O) groups is 1. The van der Waals surface area contributed by atoms with Gasteiger partial charge >= 0.3 is 5.97 Å². The smallest absolute Gasteiger partial charge is 0.339 e. The highest BCUT2D eigenvalue weighted by molar-refractivity contribution is 5.85. The summed E-state index contributed by atoms with van der Waals surface area (Å²) >= 11 is 0. The molecule has 1 unspecified atom stereocenters. The lowest BCUT2D eigenvalue weighted by Gasteiger charge is -2.39. The van der Waals surface area contributed by atoms with Crippen LogP contribution in [-0.2, 0) is 27.2 Å². The number of ether oxygens (including phenoxy) is 2. The van der Waals surface area contributed by atoms with Crippen molar-refractivity contribution in [3.05, 3.63) is 57.6 Å². The Morgan fingerprint density at radius 2 is 1.54 bits per heavy atom. The van der Waals surface area contributed by atoms with Gasteiger partial charge in [0, 0.05) is 24.7 Å². The molecule has 2 aliphatic rings. The average Bonchev–Trinajstić information content (AvgIpc) is 2.84. The van der Waals surface area contributed by atoms with Gasteiger partial charge in [0.05, 0.1) is 12.7 Å². The fraction of sp³-hybridized carbons (Fsp3) is 0.606. The molecule has 0 amide bonds. The van der Waals surface area contributed by atoms with Crippen LogP contribution in [0.2, 0.25) is 0 Å². The van der Waals surface area contributed by atoms with E-state index in [0.29, 0.717) is 6.04 Å². The van der Waals surface area contributed by atoms with E-state index in [1.54, 1.807) is 0 Å². The minimum absolute atomic E-state index is 0.335. The van der Waals surface area contributed by atoms with Crippen molar-refractivity contribution in [2.24, 2.45) is 0 Å². The Labute approximate surface area is 224 Å². The first-order valence-electron chi connectivity index (χ1n) is 14.3. The second-order valence-corrected chi connectivity index (χ2v) is 12.2. The predicted molar refractivity (Wildman–Crippen MR) is 152 cm³/mol. The Balaban J connectivity index is 1.86. The second-order valence-electron chi connectivity index (χ2n) is 12.2. The Bertz CT molecular complexity index is 1090. The van der Waals surface area contributed by atoms with Gasteiger partial charge < -0.3 is 9.47 Å². The Morgan fingerprint density at radius 1 is 0.919 bits per heavy atom. The monoisotopic (exact) mass is 505 g/mol. The van der Waals surface area contributed by atoms with E-state index in [2.05, 4.69) is 49.9 Å². The van der Waals surface area contributed by atoms with Gasteiger partial charge in [-0.15, -0.1) is 0 Å². The van der Waals surface area contributed by atoms with E-state index in [0.717, 1.165) is 36.2 Å². The van der Waals surface area contributed by atoms with Crippen molar-refractivity contribution >= 4 is 5.97 Å². The van der Waals surface area contributed by atoms with E-state index >= 15 is 0 Å². The zero-order valence-electron chi connectivity index (χ0n) is 24.2. The number of nitrogens with zero attached hydrogens (tertiary/aromatic N) is 1. The lowest BCUT2D eigenvalue weighted by Crippen LogP contribution is -2.40. The van der Waals surface area contributed by atoms with E-state index in [-0.39, 0.29) is 5.97 Å². The molecular formula is C33H47NO3. The lowest BCUT2D eigenvalue weighted by molar-refractivity contribution is -0.164. The van der Waals surface area contributed by atoms with Crippen LogP contribution >= 0.6 is 0 Å². The fourth-order valence-electron chi connectivity index (χ4n) is 6.46. The predicted octanol–water partition coefficient (Wildman–Crippen LogP) is 7.78. The third-order valence-corrected chi connectivity index (χ3v) is 8.41. The highest BCUT2D eigenvalue weighted by atomic mass is 16.6. The van der Waals surface area contributed by atoms with Crippen molar-refractivity contribution in [3.8, 4) is 11.1 Å². The normalized spacial score (nSPS) is 18.6. The van der Waals surface area contributed by atoms with Crippen molar-refractivity contribution < 1.29 is 14.3 Å². The quantitative estimate of drug-likeness (QED) is 0.389. The lowest BCUT2D eigenvalue weighted by atomic mass is 9.79. The molecule has 2 aromatic rings. The number of rotatable bonds is 5. The van der Waals surface area contributed by atoms with Crippen LogP contribution in [0.4, 0.5) is 0 Å². The van der Waals surface area contributed by atoms with Gasteiger partial charge in [0.15, 0.2) is 6.10 Å². The minimum Gasteiger partial charge on any atom is -0.467 e. The molecule has 1 aliphatic carbocycles. The summed E-state index contributed by atoms with van der Waals surface area (Å²) in [5.74, 6) is -0.335. The number of hydrogen-bond acceptors (Lipinski definition) is 4. The van der Waals surface area contributed by atoms with Crippen molar-refractivity contribution in [1.29, 1.82) is 0 Å². The van der Waals surface area contributed by atoms with E-state index < -0.39 is 11.7 Å². The molecule has 202 valence electrons. The van der Waals surface area contributed by atoms with Gasteiger partial charge in [0.2, 0.25) is 0 Å². The van der Waals surface area contributed by atoms with E-state index in [4.69, 9.17) is 9.47 Å². The maximum Gasteiger partial charge on any atom is 0.339 e.